The fourth-order valence-corrected chi connectivity index (χ4v) is 1.59. The van der Waals surface area contributed by atoms with Crippen molar-refractivity contribution >= 4 is 22.1 Å². The standard InChI is InChI=1S/C8H6F2N2O3S/c9-7(10)15-4-1-2-5-6(3-4)12-8(11-5)16(13)14/h1-3,7H,(H,11,12)(H,13,14)/p-1. The second-order valence-electron chi connectivity index (χ2n) is 2.83. The minimum atomic E-state index is -2.92. The summed E-state index contributed by atoms with van der Waals surface area (Å²) in [7, 11) is 0. The lowest BCUT2D eigenvalue weighted by atomic mass is 10.3. The first kappa shape index (κ1) is 11.0. The van der Waals surface area contributed by atoms with Gasteiger partial charge in [-0.2, -0.15) is 8.78 Å². The number of aromatic nitrogens is 2. The number of nitrogens with one attached hydrogen (secondary N) is 1. The quantitative estimate of drug-likeness (QED) is 0.831. The zero-order valence-corrected chi connectivity index (χ0v) is 8.46. The molecule has 0 saturated heterocycles. The maximum Gasteiger partial charge on any atom is 0.387 e. The van der Waals surface area contributed by atoms with Crippen LogP contribution < -0.4 is 4.74 Å². The lowest BCUT2D eigenvalue weighted by Gasteiger charge is -2.02. The molecule has 0 fully saturated rings. The molecule has 0 saturated carbocycles. The second-order valence-corrected chi connectivity index (χ2v) is 3.69. The first-order valence-corrected chi connectivity index (χ1v) is 5.17. The molecular formula is C8H5F2N2O3S-. The van der Waals surface area contributed by atoms with Gasteiger partial charge < -0.3 is 14.3 Å². The van der Waals surface area contributed by atoms with Gasteiger partial charge in [-0.05, 0) is 12.1 Å². The zero-order valence-electron chi connectivity index (χ0n) is 7.65. The van der Waals surface area contributed by atoms with Gasteiger partial charge in [0.15, 0.2) is 5.16 Å². The molecule has 5 nitrogen and oxygen atoms in total. The third kappa shape index (κ3) is 2.17. The maximum absolute atomic E-state index is 11.9. The first-order valence-electron chi connectivity index (χ1n) is 4.10. The van der Waals surface area contributed by atoms with E-state index in [9.17, 15) is 17.5 Å². The predicted molar refractivity (Wildman–Crippen MR) is 49.9 cm³/mol. The Bertz CT molecular complexity index is 543. The number of aromatic amines is 1. The van der Waals surface area contributed by atoms with Crippen LogP contribution in [0.4, 0.5) is 8.78 Å². The van der Waals surface area contributed by atoms with Crippen molar-refractivity contribution in [3.8, 4) is 5.75 Å². The number of rotatable bonds is 3. The number of halogens is 2. The molecular weight excluding hydrogens is 242 g/mol. The van der Waals surface area contributed by atoms with Crippen LogP contribution >= 0.6 is 0 Å². The molecule has 2 aromatic rings. The highest BCUT2D eigenvalue weighted by molar-refractivity contribution is 7.79. The SMILES string of the molecule is O=S([O-])c1nc2ccc(OC(F)F)cc2[nH]1. The molecule has 0 aliphatic heterocycles. The van der Waals surface area contributed by atoms with E-state index in [1.54, 1.807) is 0 Å². The highest BCUT2D eigenvalue weighted by Crippen LogP contribution is 2.21. The second kappa shape index (κ2) is 4.14. The summed E-state index contributed by atoms with van der Waals surface area (Å²) in [5.41, 5.74) is 0.679. The Morgan fingerprint density at radius 2 is 2.25 bits per heavy atom. The van der Waals surface area contributed by atoms with Crippen LogP contribution in [0, 0.1) is 0 Å². The number of hydrogen-bond acceptors (Lipinski definition) is 4. The number of hydrogen-bond donors (Lipinski definition) is 1. The number of H-pyrrole nitrogens is 1. The number of fused-ring (bicyclic) bond motifs is 1. The average molecular weight is 247 g/mol. The Morgan fingerprint density at radius 3 is 2.88 bits per heavy atom. The topological polar surface area (TPSA) is 78.0 Å². The van der Waals surface area contributed by atoms with Crippen LogP contribution in [-0.2, 0) is 11.1 Å². The van der Waals surface area contributed by atoms with Crippen molar-refractivity contribution in [1.82, 2.24) is 9.97 Å². The number of alkyl halides is 2. The molecule has 1 unspecified atom stereocenters. The summed E-state index contributed by atoms with van der Waals surface area (Å²) in [6.07, 6.45) is 0. The highest BCUT2D eigenvalue weighted by Gasteiger charge is 2.07. The highest BCUT2D eigenvalue weighted by atomic mass is 32.2. The van der Waals surface area contributed by atoms with Gasteiger partial charge in [0.2, 0.25) is 0 Å². The Balaban J connectivity index is 2.41. The minimum absolute atomic E-state index is 0.0608. The van der Waals surface area contributed by atoms with Gasteiger partial charge in [0.25, 0.3) is 0 Å². The number of imidazole rings is 1. The van der Waals surface area contributed by atoms with Crippen molar-refractivity contribution in [2.45, 2.75) is 11.8 Å². The molecule has 86 valence electrons. The van der Waals surface area contributed by atoms with Gasteiger partial charge >= 0.3 is 6.61 Å². The lowest BCUT2D eigenvalue weighted by Crippen LogP contribution is -2.01. The van der Waals surface area contributed by atoms with Gasteiger partial charge in [0.1, 0.15) is 5.75 Å². The van der Waals surface area contributed by atoms with Crippen molar-refractivity contribution in [2.24, 2.45) is 0 Å². The minimum Gasteiger partial charge on any atom is -0.766 e. The van der Waals surface area contributed by atoms with Crippen LogP contribution in [0.1, 0.15) is 0 Å². The number of ether oxygens (including phenoxy) is 1. The van der Waals surface area contributed by atoms with E-state index in [0.29, 0.717) is 11.0 Å². The van der Waals surface area contributed by atoms with Crippen LogP contribution in [0.5, 0.6) is 5.75 Å². The first-order chi connectivity index (χ1) is 7.56. The van der Waals surface area contributed by atoms with Crippen LogP contribution in [0.3, 0.4) is 0 Å². The molecule has 0 amide bonds. The van der Waals surface area contributed by atoms with E-state index in [4.69, 9.17) is 0 Å². The van der Waals surface area contributed by atoms with E-state index >= 15 is 0 Å². The summed E-state index contributed by atoms with van der Waals surface area (Å²) in [5, 5.41) is -0.246. The molecule has 1 aromatic carbocycles. The van der Waals surface area contributed by atoms with Crippen LogP contribution in [0.15, 0.2) is 23.4 Å². The molecule has 2 rings (SSSR count). The summed E-state index contributed by atoms with van der Waals surface area (Å²) in [6, 6.07) is 3.93. The molecule has 0 spiro atoms. The monoisotopic (exact) mass is 247 g/mol. The van der Waals surface area contributed by atoms with E-state index in [-0.39, 0.29) is 10.9 Å². The largest absolute Gasteiger partial charge is 0.766 e. The van der Waals surface area contributed by atoms with Crippen LogP contribution in [0.2, 0.25) is 0 Å². The Hall–Kier alpha value is -1.54. The van der Waals surface area contributed by atoms with Gasteiger partial charge in [-0.25, -0.2) is 4.98 Å². The van der Waals surface area contributed by atoms with E-state index in [0.717, 1.165) is 0 Å². The van der Waals surface area contributed by atoms with Crippen molar-refractivity contribution in [3.05, 3.63) is 18.2 Å². The van der Waals surface area contributed by atoms with Gasteiger partial charge in [0.05, 0.1) is 11.0 Å². The molecule has 8 heteroatoms. The van der Waals surface area contributed by atoms with Crippen LogP contribution in [-0.4, -0.2) is 25.3 Å². The van der Waals surface area contributed by atoms with Gasteiger partial charge in [-0.15, -0.1) is 0 Å². The zero-order chi connectivity index (χ0) is 11.7. The maximum atomic E-state index is 11.9. The fourth-order valence-electron chi connectivity index (χ4n) is 1.22. The fraction of sp³-hybridized carbons (Fsp3) is 0.125. The molecule has 16 heavy (non-hydrogen) atoms. The van der Waals surface area contributed by atoms with E-state index in [1.807, 2.05) is 0 Å². The van der Waals surface area contributed by atoms with Crippen LogP contribution in [0.25, 0.3) is 11.0 Å². The summed E-state index contributed by atoms with van der Waals surface area (Å²) < 4.78 is 49.1. The van der Waals surface area contributed by atoms with Gasteiger partial charge in [0, 0.05) is 17.1 Å². The molecule has 1 N–H and O–H groups in total. The summed E-state index contributed by atoms with van der Waals surface area (Å²) in [6.45, 7) is -2.92. The van der Waals surface area contributed by atoms with Crippen molar-refractivity contribution in [1.29, 1.82) is 0 Å². The molecule has 0 radical (unpaired) electrons. The van der Waals surface area contributed by atoms with E-state index in [2.05, 4.69) is 14.7 Å². The Morgan fingerprint density at radius 1 is 1.50 bits per heavy atom. The molecule has 0 aliphatic rings. The number of benzene rings is 1. The predicted octanol–water partition coefficient (Wildman–Crippen LogP) is 1.40. The molecule has 1 aromatic heterocycles. The summed E-state index contributed by atoms with van der Waals surface area (Å²) in [5.74, 6) is -0.0608. The molecule has 0 bridgehead atoms. The third-order valence-corrected chi connectivity index (χ3v) is 2.32. The number of nitrogens with zero attached hydrogens (tertiary/aromatic N) is 1. The van der Waals surface area contributed by atoms with Crippen molar-refractivity contribution in [3.63, 3.8) is 0 Å². The van der Waals surface area contributed by atoms with Gasteiger partial charge in [-0.3, -0.25) is 4.21 Å². The molecule has 1 heterocycles. The lowest BCUT2D eigenvalue weighted by molar-refractivity contribution is -0.0497. The molecule has 1 atom stereocenters. The van der Waals surface area contributed by atoms with Crippen molar-refractivity contribution in [2.75, 3.05) is 0 Å². The Kier molecular flexibility index (Phi) is 2.84. The van der Waals surface area contributed by atoms with Gasteiger partial charge in [-0.1, -0.05) is 0 Å². The summed E-state index contributed by atoms with van der Waals surface area (Å²) >= 11 is -2.48. The molecule has 0 aliphatic carbocycles. The Labute approximate surface area is 90.7 Å². The smallest absolute Gasteiger partial charge is 0.387 e. The van der Waals surface area contributed by atoms with E-state index < -0.39 is 17.7 Å². The normalized spacial score (nSPS) is 13.2. The summed E-state index contributed by atoms with van der Waals surface area (Å²) in [4.78, 5) is 6.18. The third-order valence-electron chi connectivity index (χ3n) is 1.81. The average Bonchev–Trinajstić information content (AvgIpc) is 2.59. The van der Waals surface area contributed by atoms with Crippen molar-refractivity contribution < 1.29 is 22.3 Å². The van der Waals surface area contributed by atoms with E-state index in [1.165, 1.54) is 18.2 Å².